The third-order valence-electron chi connectivity index (χ3n) is 3.04. The van der Waals surface area contributed by atoms with Crippen LogP contribution in [0.3, 0.4) is 0 Å². The summed E-state index contributed by atoms with van der Waals surface area (Å²) in [6.07, 6.45) is 2.08. The number of carboxylic acids is 1. The first-order valence-electron chi connectivity index (χ1n) is 6.13. The van der Waals surface area contributed by atoms with Crippen LogP contribution < -0.4 is 5.32 Å². The number of carbonyl (C=O) groups is 2. The Hall–Kier alpha value is -1.56. The summed E-state index contributed by atoms with van der Waals surface area (Å²) in [5.74, 6) is -1.02. The largest absolute Gasteiger partial charge is 0.478 e. The van der Waals surface area contributed by atoms with Crippen molar-refractivity contribution in [2.45, 2.75) is 25.8 Å². The van der Waals surface area contributed by atoms with Gasteiger partial charge in [-0.15, -0.1) is 0 Å². The number of nitrogens with zero attached hydrogens (tertiary/aromatic N) is 1. The van der Waals surface area contributed by atoms with E-state index in [1.54, 1.807) is 11.0 Å². The van der Waals surface area contributed by atoms with Crippen LogP contribution in [0.15, 0.2) is 22.7 Å². The molecule has 0 saturated heterocycles. The smallest absolute Gasteiger partial charge is 0.335 e. The van der Waals surface area contributed by atoms with E-state index in [0.717, 1.165) is 12.8 Å². The molecule has 0 spiro atoms. The number of carbonyl (C=O) groups excluding carboxylic acids is 1. The number of amides is 2. The maximum Gasteiger partial charge on any atom is 0.335 e. The Kier molecular flexibility index (Phi) is 4.09. The molecular weight excluding hydrogens is 312 g/mol. The SMILES string of the molecule is CCN(C(=O)Nc1cc(C(=O)O)ccc1Br)C1CC1. The lowest BCUT2D eigenvalue weighted by molar-refractivity contribution is 0.0697. The average Bonchev–Trinajstić information content (AvgIpc) is 3.17. The molecule has 1 aromatic carbocycles. The zero-order valence-corrected chi connectivity index (χ0v) is 12.1. The molecule has 5 nitrogen and oxygen atoms in total. The molecule has 0 unspecified atom stereocenters. The van der Waals surface area contributed by atoms with Crippen LogP contribution in [-0.2, 0) is 0 Å². The second-order valence-electron chi connectivity index (χ2n) is 4.45. The van der Waals surface area contributed by atoms with Crippen LogP contribution in [0.4, 0.5) is 10.5 Å². The number of benzene rings is 1. The molecule has 0 heterocycles. The molecular formula is C13H15BrN2O3. The van der Waals surface area contributed by atoms with Crippen molar-refractivity contribution in [2.24, 2.45) is 0 Å². The van der Waals surface area contributed by atoms with Crippen LogP contribution in [-0.4, -0.2) is 34.6 Å². The lowest BCUT2D eigenvalue weighted by atomic mass is 10.2. The maximum atomic E-state index is 12.1. The van der Waals surface area contributed by atoms with Gasteiger partial charge in [0.15, 0.2) is 0 Å². The van der Waals surface area contributed by atoms with E-state index >= 15 is 0 Å². The quantitative estimate of drug-likeness (QED) is 0.892. The molecule has 19 heavy (non-hydrogen) atoms. The van der Waals surface area contributed by atoms with Crippen molar-refractivity contribution < 1.29 is 14.7 Å². The van der Waals surface area contributed by atoms with E-state index in [9.17, 15) is 9.59 Å². The molecule has 102 valence electrons. The van der Waals surface area contributed by atoms with Gasteiger partial charge in [-0.1, -0.05) is 0 Å². The zero-order valence-electron chi connectivity index (χ0n) is 10.5. The highest BCUT2D eigenvalue weighted by molar-refractivity contribution is 9.10. The van der Waals surface area contributed by atoms with E-state index in [0.29, 0.717) is 22.7 Å². The van der Waals surface area contributed by atoms with Gasteiger partial charge < -0.3 is 15.3 Å². The maximum absolute atomic E-state index is 12.1. The van der Waals surface area contributed by atoms with E-state index in [-0.39, 0.29) is 11.6 Å². The normalized spacial score (nSPS) is 14.0. The van der Waals surface area contributed by atoms with Gasteiger partial charge in [0.05, 0.1) is 11.3 Å². The number of aromatic carboxylic acids is 1. The van der Waals surface area contributed by atoms with E-state index in [4.69, 9.17) is 5.11 Å². The monoisotopic (exact) mass is 326 g/mol. The molecule has 0 bridgehead atoms. The fourth-order valence-electron chi connectivity index (χ4n) is 1.89. The van der Waals surface area contributed by atoms with Crippen molar-refractivity contribution in [2.75, 3.05) is 11.9 Å². The van der Waals surface area contributed by atoms with Crippen molar-refractivity contribution in [3.63, 3.8) is 0 Å². The fraction of sp³-hybridized carbons (Fsp3) is 0.385. The second-order valence-corrected chi connectivity index (χ2v) is 5.30. The molecule has 0 aromatic heterocycles. The Morgan fingerprint density at radius 3 is 2.68 bits per heavy atom. The highest BCUT2D eigenvalue weighted by atomic mass is 79.9. The minimum Gasteiger partial charge on any atom is -0.478 e. The summed E-state index contributed by atoms with van der Waals surface area (Å²) in [6, 6.07) is 4.69. The number of urea groups is 1. The molecule has 1 aliphatic rings. The summed E-state index contributed by atoms with van der Waals surface area (Å²) in [6.45, 7) is 2.58. The van der Waals surface area contributed by atoms with Gasteiger partial charge in [-0.05, 0) is 53.9 Å². The minimum atomic E-state index is -1.02. The van der Waals surface area contributed by atoms with Crippen molar-refractivity contribution >= 4 is 33.6 Å². The van der Waals surface area contributed by atoms with E-state index in [1.807, 2.05) is 6.92 Å². The van der Waals surface area contributed by atoms with E-state index < -0.39 is 5.97 Å². The second kappa shape index (κ2) is 5.61. The Labute approximate surface area is 119 Å². The Bertz CT molecular complexity index is 515. The summed E-state index contributed by atoms with van der Waals surface area (Å²) < 4.78 is 0.665. The van der Waals surface area contributed by atoms with E-state index in [1.165, 1.54) is 12.1 Å². The topological polar surface area (TPSA) is 69.6 Å². The molecule has 1 aromatic rings. The molecule has 2 rings (SSSR count). The van der Waals surface area contributed by atoms with Crippen molar-refractivity contribution in [1.82, 2.24) is 4.90 Å². The fourth-order valence-corrected chi connectivity index (χ4v) is 2.24. The highest BCUT2D eigenvalue weighted by Gasteiger charge is 2.31. The molecule has 0 atom stereocenters. The summed E-state index contributed by atoms with van der Waals surface area (Å²) >= 11 is 3.31. The van der Waals surface area contributed by atoms with E-state index in [2.05, 4.69) is 21.2 Å². The van der Waals surface area contributed by atoms with Crippen LogP contribution in [0.1, 0.15) is 30.1 Å². The Balaban J connectivity index is 2.15. The number of hydrogen-bond acceptors (Lipinski definition) is 2. The number of halogens is 1. The number of hydrogen-bond donors (Lipinski definition) is 2. The standard InChI is InChI=1S/C13H15BrN2O3/c1-2-16(9-4-5-9)13(19)15-11-7-8(12(17)18)3-6-10(11)14/h3,6-7,9H,2,4-5H2,1H3,(H,15,19)(H,17,18). The van der Waals surface area contributed by atoms with Gasteiger partial charge in [0.1, 0.15) is 0 Å². The number of rotatable bonds is 4. The Morgan fingerprint density at radius 2 is 2.16 bits per heavy atom. The van der Waals surface area contributed by atoms with Gasteiger partial charge in [-0.3, -0.25) is 0 Å². The van der Waals surface area contributed by atoms with Crippen LogP contribution in [0.25, 0.3) is 0 Å². The zero-order chi connectivity index (χ0) is 14.0. The van der Waals surface area contributed by atoms with Crippen molar-refractivity contribution in [3.8, 4) is 0 Å². The third kappa shape index (κ3) is 3.26. The number of anilines is 1. The molecule has 1 aliphatic carbocycles. The first-order chi connectivity index (χ1) is 9.02. The van der Waals surface area contributed by atoms with Gasteiger partial charge >= 0.3 is 12.0 Å². The summed E-state index contributed by atoms with van der Waals surface area (Å²) in [4.78, 5) is 24.8. The highest BCUT2D eigenvalue weighted by Crippen LogP contribution is 2.29. The molecule has 2 amide bonds. The molecule has 1 saturated carbocycles. The van der Waals surface area contributed by atoms with Gasteiger partial charge in [0.2, 0.25) is 0 Å². The van der Waals surface area contributed by atoms with Crippen molar-refractivity contribution in [3.05, 3.63) is 28.2 Å². The Morgan fingerprint density at radius 1 is 1.47 bits per heavy atom. The van der Waals surface area contributed by atoms with Crippen LogP contribution in [0.2, 0.25) is 0 Å². The predicted molar refractivity (Wildman–Crippen MR) is 75.5 cm³/mol. The van der Waals surface area contributed by atoms with Crippen LogP contribution >= 0.6 is 15.9 Å². The van der Waals surface area contributed by atoms with Crippen LogP contribution in [0, 0.1) is 0 Å². The number of nitrogens with one attached hydrogen (secondary N) is 1. The molecule has 0 radical (unpaired) electrons. The lowest BCUT2D eigenvalue weighted by Crippen LogP contribution is -2.36. The molecule has 2 N–H and O–H groups in total. The summed E-state index contributed by atoms with van der Waals surface area (Å²) in [5.41, 5.74) is 0.622. The van der Waals surface area contributed by atoms with Gasteiger partial charge in [-0.2, -0.15) is 0 Å². The van der Waals surface area contributed by atoms with Crippen molar-refractivity contribution in [1.29, 1.82) is 0 Å². The van der Waals surface area contributed by atoms with Gasteiger partial charge in [-0.25, -0.2) is 9.59 Å². The van der Waals surface area contributed by atoms with Gasteiger partial charge in [0, 0.05) is 17.1 Å². The lowest BCUT2D eigenvalue weighted by Gasteiger charge is -2.21. The number of carboxylic acid groups (broad SMARTS) is 1. The minimum absolute atomic E-state index is 0.146. The first kappa shape index (κ1) is 13.9. The first-order valence-corrected chi connectivity index (χ1v) is 6.92. The molecule has 1 fully saturated rings. The third-order valence-corrected chi connectivity index (χ3v) is 3.74. The molecule has 0 aliphatic heterocycles. The van der Waals surface area contributed by atoms with Gasteiger partial charge in [0.25, 0.3) is 0 Å². The summed E-state index contributed by atoms with van der Waals surface area (Å²) in [7, 11) is 0. The summed E-state index contributed by atoms with van der Waals surface area (Å²) in [5, 5.41) is 11.7. The average molecular weight is 327 g/mol. The van der Waals surface area contributed by atoms with Crippen LogP contribution in [0.5, 0.6) is 0 Å². The predicted octanol–water partition coefficient (Wildman–Crippen LogP) is 3.16. The molecule has 6 heteroatoms.